The molecule has 2 aromatic rings. The predicted octanol–water partition coefficient (Wildman–Crippen LogP) is 2.97. The lowest BCUT2D eigenvalue weighted by Gasteiger charge is -2.38. The fraction of sp³-hybridized carbons (Fsp3) is 0.333. The molecule has 126 valence electrons. The molecular formula is C18H19NO4S. The van der Waals surface area contributed by atoms with Gasteiger partial charge in [0.25, 0.3) is 5.91 Å². The van der Waals surface area contributed by atoms with Gasteiger partial charge in [-0.05, 0) is 30.5 Å². The maximum Gasteiger partial charge on any atom is 0.348 e. The van der Waals surface area contributed by atoms with E-state index in [-0.39, 0.29) is 5.91 Å². The number of hydrogen-bond donors (Lipinski definition) is 1. The van der Waals surface area contributed by atoms with E-state index in [0.717, 1.165) is 29.7 Å². The number of rotatable bonds is 4. The summed E-state index contributed by atoms with van der Waals surface area (Å²) < 4.78 is 10.2. The van der Waals surface area contributed by atoms with E-state index in [1.165, 1.54) is 7.11 Å². The average Bonchev–Trinajstić information content (AvgIpc) is 3.13. The number of carbonyl (C=O) groups is 2. The first kappa shape index (κ1) is 16.7. The van der Waals surface area contributed by atoms with Gasteiger partial charge in [0.1, 0.15) is 4.88 Å². The second kappa shape index (κ2) is 7.15. The molecule has 6 heteroatoms. The molecule has 5 nitrogen and oxygen atoms in total. The SMILES string of the molecule is COC(=O)c1ccc(C(=O)NC2(c3ccccc3)CCOCC2)s1. The standard InChI is InChI=1S/C18H19NO4S/c1-22-17(21)15-8-7-14(24-15)16(20)19-18(9-11-23-12-10-18)13-5-3-2-4-6-13/h2-8H,9-12H2,1H3,(H,19,20). The highest BCUT2D eigenvalue weighted by Gasteiger charge is 2.36. The van der Waals surface area contributed by atoms with E-state index in [0.29, 0.717) is 23.0 Å². The third kappa shape index (κ3) is 3.34. The first-order chi connectivity index (χ1) is 11.6. The Hall–Kier alpha value is -2.18. The van der Waals surface area contributed by atoms with Crippen molar-refractivity contribution in [3.05, 3.63) is 57.8 Å². The predicted molar refractivity (Wildman–Crippen MR) is 91.3 cm³/mol. The topological polar surface area (TPSA) is 64.6 Å². The maximum atomic E-state index is 12.7. The Morgan fingerprint density at radius 3 is 2.42 bits per heavy atom. The summed E-state index contributed by atoms with van der Waals surface area (Å²) in [7, 11) is 1.33. The molecule has 1 aromatic carbocycles. The summed E-state index contributed by atoms with van der Waals surface area (Å²) in [6.45, 7) is 1.21. The molecule has 0 unspecified atom stereocenters. The monoisotopic (exact) mass is 345 g/mol. The number of nitrogens with one attached hydrogen (secondary N) is 1. The molecule has 0 bridgehead atoms. The summed E-state index contributed by atoms with van der Waals surface area (Å²) in [5.74, 6) is -0.608. The Morgan fingerprint density at radius 1 is 1.08 bits per heavy atom. The van der Waals surface area contributed by atoms with Crippen molar-refractivity contribution in [2.45, 2.75) is 18.4 Å². The van der Waals surface area contributed by atoms with Crippen molar-refractivity contribution in [2.75, 3.05) is 20.3 Å². The van der Waals surface area contributed by atoms with Crippen LogP contribution in [0.1, 0.15) is 37.7 Å². The number of methoxy groups -OCH3 is 1. The van der Waals surface area contributed by atoms with Gasteiger partial charge in [-0.1, -0.05) is 30.3 Å². The molecule has 0 radical (unpaired) electrons. The average molecular weight is 345 g/mol. The highest BCUT2D eigenvalue weighted by Crippen LogP contribution is 2.33. The van der Waals surface area contributed by atoms with E-state index in [2.05, 4.69) is 5.32 Å². The number of benzene rings is 1. The smallest absolute Gasteiger partial charge is 0.348 e. The minimum Gasteiger partial charge on any atom is -0.465 e. The molecular weight excluding hydrogens is 326 g/mol. The number of hydrogen-bond acceptors (Lipinski definition) is 5. The van der Waals surface area contributed by atoms with Gasteiger partial charge in [-0.3, -0.25) is 4.79 Å². The largest absolute Gasteiger partial charge is 0.465 e. The van der Waals surface area contributed by atoms with Gasteiger partial charge in [0.2, 0.25) is 0 Å². The van der Waals surface area contributed by atoms with Crippen molar-refractivity contribution in [3.8, 4) is 0 Å². The summed E-state index contributed by atoms with van der Waals surface area (Å²) in [4.78, 5) is 25.2. The fourth-order valence-electron chi connectivity index (χ4n) is 2.91. The van der Waals surface area contributed by atoms with Gasteiger partial charge in [-0.25, -0.2) is 4.79 Å². The van der Waals surface area contributed by atoms with Gasteiger partial charge < -0.3 is 14.8 Å². The molecule has 0 atom stereocenters. The number of ether oxygens (including phenoxy) is 2. The molecule has 24 heavy (non-hydrogen) atoms. The first-order valence-corrected chi connectivity index (χ1v) is 8.60. The molecule has 1 aliphatic heterocycles. The van der Waals surface area contributed by atoms with Crippen molar-refractivity contribution in [2.24, 2.45) is 0 Å². The Labute approximate surface area is 144 Å². The summed E-state index contributed by atoms with van der Waals surface area (Å²) in [6.07, 6.45) is 1.44. The second-order valence-corrected chi connectivity index (χ2v) is 6.75. The highest BCUT2D eigenvalue weighted by molar-refractivity contribution is 7.15. The van der Waals surface area contributed by atoms with Crippen LogP contribution in [-0.4, -0.2) is 32.2 Å². The Bertz CT molecular complexity index is 720. The third-order valence-electron chi connectivity index (χ3n) is 4.24. The molecule has 2 heterocycles. The summed E-state index contributed by atoms with van der Waals surface area (Å²) in [6, 6.07) is 13.2. The summed E-state index contributed by atoms with van der Waals surface area (Å²) in [5, 5.41) is 3.17. The zero-order valence-electron chi connectivity index (χ0n) is 13.4. The van der Waals surface area contributed by atoms with E-state index >= 15 is 0 Å². The van der Waals surface area contributed by atoms with Crippen molar-refractivity contribution in [3.63, 3.8) is 0 Å². The van der Waals surface area contributed by atoms with Gasteiger partial charge in [0, 0.05) is 13.2 Å². The van der Waals surface area contributed by atoms with Crippen LogP contribution in [0, 0.1) is 0 Å². The van der Waals surface area contributed by atoms with Crippen LogP contribution in [0.5, 0.6) is 0 Å². The highest BCUT2D eigenvalue weighted by atomic mass is 32.1. The molecule has 1 saturated heterocycles. The van der Waals surface area contributed by atoms with E-state index in [9.17, 15) is 9.59 Å². The molecule has 1 N–H and O–H groups in total. The maximum absolute atomic E-state index is 12.7. The first-order valence-electron chi connectivity index (χ1n) is 7.78. The Morgan fingerprint density at radius 2 is 1.75 bits per heavy atom. The van der Waals surface area contributed by atoms with Gasteiger partial charge in [0.05, 0.1) is 17.5 Å². The van der Waals surface area contributed by atoms with Crippen molar-refractivity contribution >= 4 is 23.2 Å². The zero-order valence-corrected chi connectivity index (χ0v) is 14.2. The van der Waals surface area contributed by atoms with Crippen LogP contribution in [0.3, 0.4) is 0 Å². The minimum absolute atomic E-state index is 0.180. The van der Waals surface area contributed by atoms with Gasteiger partial charge in [-0.2, -0.15) is 0 Å². The molecule has 3 rings (SSSR count). The lowest BCUT2D eigenvalue weighted by atomic mass is 9.82. The zero-order chi connectivity index (χ0) is 17.0. The van der Waals surface area contributed by atoms with E-state index in [1.54, 1.807) is 12.1 Å². The molecule has 0 saturated carbocycles. The van der Waals surface area contributed by atoms with Crippen LogP contribution in [0.4, 0.5) is 0 Å². The van der Waals surface area contributed by atoms with Crippen LogP contribution < -0.4 is 5.32 Å². The van der Waals surface area contributed by atoms with Crippen LogP contribution >= 0.6 is 11.3 Å². The third-order valence-corrected chi connectivity index (χ3v) is 5.31. The van der Waals surface area contributed by atoms with E-state index in [4.69, 9.17) is 9.47 Å². The summed E-state index contributed by atoms with van der Waals surface area (Å²) >= 11 is 1.14. The van der Waals surface area contributed by atoms with Gasteiger partial charge in [0.15, 0.2) is 0 Å². The number of esters is 1. The quantitative estimate of drug-likeness (QED) is 0.865. The van der Waals surface area contributed by atoms with Crippen LogP contribution in [0.15, 0.2) is 42.5 Å². The second-order valence-electron chi connectivity index (χ2n) is 5.67. The van der Waals surface area contributed by atoms with E-state index < -0.39 is 11.5 Å². The van der Waals surface area contributed by atoms with Crippen molar-refractivity contribution in [1.82, 2.24) is 5.32 Å². The van der Waals surface area contributed by atoms with Crippen LogP contribution in [-0.2, 0) is 15.0 Å². The van der Waals surface area contributed by atoms with Crippen molar-refractivity contribution < 1.29 is 19.1 Å². The fourth-order valence-corrected chi connectivity index (χ4v) is 3.73. The van der Waals surface area contributed by atoms with E-state index in [1.807, 2.05) is 30.3 Å². The number of amides is 1. The van der Waals surface area contributed by atoms with Gasteiger partial charge >= 0.3 is 5.97 Å². The molecule has 1 amide bonds. The van der Waals surface area contributed by atoms with Crippen LogP contribution in [0.25, 0.3) is 0 Å². The molecule has 1 aliphatic rings. The molecule has 1 aromatic heterocycles. The lowest BCUT2D eigenvalue weighted by molar-refractivity contribution is 0.0346. The summed E-state index contributed by atoms with van der Waals surface area (Å²) in [5.41, 5.74) is 0.637. The number of thiophene rings is 1. The minimum atomic E-state index is -0.438. The van der Waals surface area contributed by atoms with Crippen LogP contribution in [0.2, 0.25) is 0 Å². The Balaban J connectivity index is 1.84. The normalized spacial score (nSPS) is 16.4. The lowest BCUT2D eigenvalue weighted by Crippen LogP contribution is -2.49. The van der Waals surface area contributed by atoms with Gasteiger partial charge in [-0.15, -0.1) is 11.3 Å². The molecule has 0 aliphatic carbocycles. The Kier molecular flexibility index (Phi) is 4.97. The number of carbonyl (C=O) groups excluding carboxylic acids is 2. The van der Waals surface area contributed by atoms with Crippen molar-refractivity contribution in [1.29, 1.82) is 0 Å². The molecule has 0 spiro atoms. The molecule has 1 fully saturated rings.